The minimum atomic E-state index is -0.746. The number of hydrogen-bond acceptors (Lipinski definition) is 10. The Morgan fingerprint density at radius 3 is 2.42 bits per heavy atom. The van der Waals surface area contributed by atoms with Gasteiger partial charge in [0.05, 0.1) is 19.4 Å². The molecule has 1 aliphatic rings. The summed E-state index contributed by atoms with van der Waals surface area (Å²) in [6, 6.07) is 16.6. The lowest BCUT2D eigenvalue weighted by Crippen LogP contribution is -2.45. The smallest absolute Gasteiger partial charge is 0.425 e. The summed E-state index contributed by atoms with van der Waals surface area (Å²) in [6.07, 6.45) is 1.46. The molecule has 2 heterocycles. The first-order chi connectivity index (χ1) is 23.2. The molecule has 1 aromatic heterocycles. The largest absolute Gasteiger partial charge is 0.493 e. The Morgan fingerprint density at radius 1 is 0.938 bits per heavy atom. The lowest BCUT2D eigenvalue weighted by molar-refractivity contribution is 0.133. The molecule has 48 heavy (non-hydrogen) atoms. The molecular formula is C36H43FN6O5. The number of ether oxygens (including phenoxy) is 4. The molecule has 0 saturated carbocycles. The number of amides is 1. The molecule has 1 fully saturated rings. The topological polar surface area (TPSA) is 102 Å². The average Bonchev–Trinajstić information content (AvgIpc) is 3.08. The van der Waals surface area contributed by atoms with Crippen molar-refractivity contribution in [3.05, 3.63) is 83.8 Å². The highest BCUT2D eigenvalue weighted by molar-refractivity contribution is 5.98. The van der Waals surface area contributed by atoms with Crippen LogP contribution in [-0.2, 0) is 0 Å². The van der Waals surface area contributed by atoms with E-state index < -0.39 is 11.9 Å². The lowest BCUT2D eigenvalue weighted by atomic mass is 10.1. The number of carbonyl (C=O) groups is 1. The van der Waals surface area contributed by atoms with Crippen LogP contribution in [0.25, 0.3) is 0 Å². The lowest BCUT2D eigenvalue weighted by Gasteiger charge is -2.32. The summed E-state index contributed by atoms with van der Waals surface area (Å²) >= 11 is 0. The van der Waals surface area contributed by atoms with Gasteiger partial charge in [0.15, 0.2) is 11.5 Å². The van der Waals surface area contributed by atoms with E-state index in [0.29, 0.717) is 42.6 Å². The van der Waals surface area contributed by atoms with Crippen molar-refractivity contribution in [3.8, 4) is 23.0 Å². The van der Waals surface area contributed by atoms with E-state index in [0.717, 1.165) is 43.9 Å². The number of benzene rings is 3. The summed E-state index contributed by atoms with van der Waals surface area (Å²) in [6.45, 7) is 11.5. The van der Waals surface area contributed by atoms with E-state index in [2.05, 4.69) is 32.1 Å². The number of halogens is 1. The maximum Gasteiger partial charge on any atom is 0.425 e. The Morgan fingerprint density at radius 2 is 1.69 bits per heavy atom. The number of likely N-dealkylation sites (N-methyl/N-ethyl adjacent to an activating group) is 1. The Kier molecular flexibility index (Phi) is 11.6. The molecule has 0 radical (unpaired) electrons. The van der Waals surface area contributed by atoms with Gasteiger partial charge in [0.2, 0.25) is 5.95 Å². The van der Waals surface area contributed by atoms with Crippen molar-refractivity contribution in [2.75, 3.05) is 70.3 Å². The number of aryl methyl sites for hydroxylation is 2. The van der Waals surface area contributed by atoms with E-state index in [-0.39, 0.29) is 23.2 Å². The number of para-hydroxylation sites is 1. The quantitative estimate of drug-likeness (QED) is 0.166. The van der Waals surface area contributed by atoms with Crippen LogP contribution in [0.3, 0.4) is 0 Å². The molecule has 12 heteroatoms. The number of nitrogens with zero attached hydrogens (tertiary/aromatic N) is 5. The normalized spacial score (nSPS) is 13.5. The number of methoxy groups -OCH3 is 1. The molecule has 0 aliphatic carbocycles. The molecule has 0 unspecified atom stereocenters. The van der Waals surface area contributed by atoms with Crippen molar-refractivity contribution in [1.29, 1.82) is 0 Å². The molecule has 3 aromatic carbocycles. The van der Waals surface area contributed by atoms with Gasteiger partial charge in [-0.2, -0.15) is 4.98 Å². The third-order valence-corrected chi connectivity index (χ3v) is 7.96. The zero-order valence-electron chi connectivity index (χ0n) is 28.2. The fraction of sp³-hybridized carbons (Fsp3) is 0.361. The van der Waals surface area contributed by atoms with Gasteiger partial charge in [-0.3, -0.25) is 4.90 Å². The van der Waals surface area contributed by atoms with Gasteiger partial charge in [-0.15, -0.1) is 0 Å². The summed E-state index contributed by atoms with van der Waals surface area (Å²) in [5.74, 6) is 1.68. The first-order valence-electron chi connectivity index (χ1n) is 16.1. The van der Waals surface area contributed by atoms with Crippen molar-refractivity contribution < 1.29 is 28.1 Å². The van der Waals surface area contributed by atoms with Gasteiger partial charge in [-0.25, -0.2) is 19.1 Å². The van der Waals surface area contributed by atoms with Crippen LogP contribution in [0.15, 0.2) is 66.9 Å². The van der Waals surface area contributed by atoms with Crippen molar-refractivity contribution in [2.24, 2.45) is 0 Å². The third kappa shape index (κ3) is 8.69. The Bertz CT molecular complexity index is 1680. The van der Waals surface area contributed by atoms with Crippen molar-refractivity contribution in [2.45, 2.75) is 27.2 Å². The first kappa shape index (κ1) is 34.4. The van der Waals surface area contributed by atoms with E-state index in [1.807, 2.05) is 51.1 Å². The number of aromatic nitrogens is 2. The minimum absolute atomic E-state index is 0.177. The monoisotopic (exact) mass is 658 g/mol. The van der Waals surface area contributed by atoms with Gasteiger partial charge < -0.3 is 29.2 Å². The number of carbonyl (C=O) groups excluding carboxylic acids is 1. The average molecular weight is 659 g/mol. The first-order valence-corrected chi connectivity index (χ1v) is 16.1. The van der Waals surface area contributed by atoms with Crippen molar-refractivity contribution in [3.63, 3.8) is 0 Å². The van der Waals surface area contributed by atoms with Crippen LogP contribution in [0, 0.1) is 19.7 Å². The Labute approximate surface area is 281 Å². The zero-order valence-corrected chi connectivity index (χ0v) is 28.2. The molecule has 4 aromatic rings. The molecule has 254 valence electrons. The molecule has 0 bridgehead atoms. The van der Waals surface area contributed by atoms with E-state index in [9.17, 15) is 9.18 Å². The van der Waals surface area contributed by atoms with Gasteiger partial charge in [0.1, 0.15) is 29.7 Å². The van der Waals surface area contributed by atoms with Gasteiger partial charge in [-0.1, -0.05) is 25.1 Å². The van der Waals surface area contributed by atoms with Crippen LogP contribution >= 0.6 is 0 Å². The molecule has 1 amide bonds. The van der Waals surface area contributed by atoms with Crippen LogP contribution < -0.4 is 29.2 Å². The van der Waals surface area contributed by atoms with E-state index in [4.69, 9.17) is 18.9 Å². The molecule has 1 saturated heterocycles. The Balaban J connectivity index is 1.39. The summed E-state index contributed by atoms with van der Waals surface area (Å²) in [5.41, 5.74) is 2.49. The standard InChI is InChI=1S/C36H43FN6O5/c1-6-21-46-31-23-27(37)10-12-29(31)43(36(44)48-34-25(2)8-7-9-26(34)3)33-14-15-38-35(40-33)39-28-11-13-30(32(24-28)45-5)47-22-20-42-18-16-41(4)17-19-42/h7-15,23-24H,6,16-22H2,1-5H3,(H,38,39,40). The summed E-state index contributed by atoms with van der Waals surface area (Å²) < 4.78 is 37.9. The predicted octanol–water partition coefficient (Wildman–Crippen LogP) is 6.74. The molecule has 1 aliphatic heterocycles. The summed E-state index contributed by atoms with van der Waals surface area (Å²) in [4.78, 5) is 29.0. The highest BCUT2D eigenvalue weighted by Crippen LogP contribution is 2.36. The number of rotatable bonds is 13. The van der Waals surface area contributed by atoms with E-state index >= 15 is 0 Å². The third-order valence-electron chi connectivity index (χ3n) is 7.96. The fourth-order valence-corrected chi connectivity index (χ4v) is 5.29. The van der Waals surface area contributed by atoms with Gasteiger partial charge in [0.25, 0.3) is 0 Å². The van der Waals surface area contributed by atoms with Crippen LogP contribution in [-0.4, -0.2) is 86.0 Å². The van der Waals surface area contributed by atoms with Gasteiger partial charge >= 0.3 is 6.09 Å². The second kappa shape index (κ2) is 16.2. The molecule has 0 atom stereocenters. The highest BCUT2D eigenvalue weighted by atomic mass is 19.1. The second-order valence-corrected chi connectivity index (χ2v) is 11.6. The van der Waals surface area contributed by atoms with E-state index in [1.165, 1.54) is 29.3 Å². The number of nitrogens with one attached hydrogen (secondary N) is 1. The zero-order chi connectivity index (χ0) is 34.0. The van der Waals surface area contributed by atoms with Gasteiger partial charge in [-0.05, 0) is 62.7 Å². The molecule has 1 N–H and O–H groups in total. The van der Waals surface area contributed by atoms with Crippen LogP contribution in [0.1, 0.15) is 24.5 Å². The van der Waals surface area contributed by atoms with Crippen molar-refractivity contribution in [1.82, 2.24) is 19.8 Å². The van der Waals surface area contributed by atoms with Crippen LogP contribution in [0.2, 0.25) is 0 Å². The number of hydrogen-bond donors (Lipinski definition) is 1. The second-order valence-electron chi connectivity index (χ2n) is 11.6. The molecular weight excluding hydrogens is 615 g/mol. The molecule has 5 rings (SSSR count). The van der Waals surface area contributed by atoms with Crippen LogP contribution in [0.4, 0.5) is 32.3 Å². The fourth-order valence-electron chi connectivity index (χ4n) is 5.29. The maximum absolute atomic E-state index is 14.4. The predicted molar refractivity (Wildman–Crippen MR) is 184 cm³/mol. The maximum atomic E-state index is 14.4. The van der Waals surface area contributed by atoms with Crippen LogP contribution in [0.5, 0.6) is 23.0 Å². The highest BCUT2D eigenvalue weighted by Gasteiger charge is 2.27. The number of piperazine rings is 1. The molecule has 0 spiro atoms. The minimum Gasteiger partial charge on any atom is -0.493 e. The summed E-state index contributed by atoms with van der Waals surface area (Å²) in [7, 11) is 3.72. The summed E-state index contributed by atoms with van der Waals surface area (Å²) in [5, 5.41) is 3.19. The Hall–Kier alpha value is -4.94. The molecule has 11 nitrogen and oxygen atoms in total. The van der Waals surface area contributed by atoms with Crippen molar-refractivity contribution >= 4 is 29.2 Å². The van der Waals surface area contributed by atoms with E-state index in [1.54, 1.807) is 19.2 Å². The SMILES string of the molecule is CCCOc1cc(F)ccc1N(C(=O)Oc1c(C)cccc1C)c1ccnc(Nc2ccc(OCCN3CCN(C)CC3)c(OC)c2)n1. The van der Waals surface area contributed by atoms with Gasteiger partial charge in [0, 0.05) is 62.8 Å². The number of anilines is 4.